The zero-order chi connectivity index (χ0) is 25.8. The SMILES string of the molecule is CN(Cc1cncc(-c2nn[nH]n2)c1)C(=O)c1ccc(C[C@@H]2CC[C@H]([C@H](O)c3ccc(Cl)nc3)N2)cc1. The van der Waals surface area contributed by atoms with Crippen LogP contribution in [0.1, 0.15) is 46.0 Å². The van der Waals surface area contributed by atoms with Gasteiger partial charge in [-0.3, -0.25) is 9.78 Å². The summed E-state index contributed by atoms with van der Waals surface area (Å²) >= 11 is 5.86. The Kier molecular flexibility index (Phi) is 7.50. The van der Waals surface area contributed by atoms with Gasteiger partial charge in [0, 0.05) is 61.0 Å². The number of aliphatic hydroxyl groups is 1. The van der Waals surface area contributed by atoms with Crippen LogP contribution in [0.5, 0.6) is 0 Å². The number of H-pyrrole nitrogens is 1. The van der Waals surface area contributed by atoms with Gasteiger partial charge in [0.05, 0.1) is 6.10 Å². The average Bonchev–Trinajstić information content (AvgIpc) is 3.62. The van der Waals surface area contributed by atoms with Crippen molar-refractivity contribution in [3.05, 3.63) is 88.5 Å². The maximum Gasteiger partial charge on any atom is 0.253 e. The molecular weight excluding hydrogens is 492 g/mol. The van der Waals surface area contributed by atoms with Crippen LogP contribution >= 0.6 is 11.6 Å². The third-order valence-electron chi connectivity index (χ3n) is 6.60. The number of hydrogen-bond acceptors (Lipinski definition) is 8. The Morgan fingerprint density at radius 3 is 2.70 bits per heavy atom. The van der Waals surface area contributed by atoms with Gasteiger partial charge < -0.3 is 15.3 Å². The lowest BCUT2D eigenvalue weighted by atomic mass is 10.0. The number of benzene rings is 1. The van der Waals surface area contributed by atoms with Crippen LogP contribution in [0.25, 0.3) is 11.4 Å². The van der Waals surface area contributed by atoms with Gasteiger partial charge in [-0.2, -0.15) is 5.21 Å². The summed E-state index contributed by atoms with van der Waals surface area (Å²) in [5.41, 5.74) is 4.12. The van der Waals surface area contributed by atoms with E-state index >= 15 is 0 Å². The van der Waals surface area contributed by atoms with E-state index in [1.165, 1.54) is 0 Å². The largest absolute Gasteiger partial charge is 0.387 e. The predicted molar refractivity (Wildman–Crippen MR) is 138 cm³/mol. The van der Waals surface area contributed by atoms with Crippen LogP contribution in [0.15, 0.2) is 61.1 Å². The fourth-order valence-corrected chi connectivity index (χ4v) is 4.78. The Balaban J connectivity index is 1.15. The van der Waals surface area contributed by atoms with Crippen molar-refractivity contribution in [2.24, 2.45) is 0 Å². The Morgan fingerprint density at radius 2 is 1.97 bits per heavy atom. The van der Waals surface area contributed by atoms with E-state index in [1.54, 1.807) is 36.6 Å². The molecule has 190 valence electrons. The predicted octanol–water partition coefficient (Wildman–Crippen LogP) is 2.98. The summed E-state index contributed by atoms with van der Waals surface area (Å²) in [6, 6.07) is 13.3. The van der Waals surface area contributed by atoms with Crippen LogP contribution in [0, 0.1) is 0 Å². The molecule has 10 nitrogen and oxygen atoms in total. The number of amides is 1. The molecule has 3 N–H and O–H groups in total. The normalized spacial score (nSPS) is 18.0. The fourth-order valence-electron chi connectivity index (χ4n) is 4.67. The summed E-state index contributed by atoms with van der Waals surface area (Å²) in [7, 11) is 1.77. The first-order valence-corrected chi connectivity index (χ1v) is 12.4. The number of aromatic nitrogens is 6. The molecule has 0 aliphatic carbocycles. The zero-order valence-corrected chi connectivity index (χ0v) is 21.0. The van der Waals surface area contributed by atoms with Crippen molar-refractivity contribution >= 4 is 17.5 Å². The number of carbonyl (C=O) groups is 1. The van der Waals surface area contributed by atoms with E-state index in [2.05, 4.69) is 35.9 Å². The van der Waals surface area contributed by atoms with Crippen LogP contribution in [0.4, 0.5) is 0 Å². The second-order valence-electron chi connectivity index (χ2n) is 9.29. The molecule has 37 heavy (non-hydrogen) atoms. The zero-order valence-electron chi connectivity index (χ0n) is 20.3. The number of nitrogens with one attached hydrogen (secondary N) is 2. The molecule has 1 saturated heterocycles. The van der Waals surface area contributed by atoms with Gasteiger partial charge in [0.15, 0.2) is 0 Å². The molecule has 1 fully saturated rings. The van der Waals surface area contributed by atoms with E-state index in [-0.39, 0.29) is 18.0 Å². The van der Waals surface area contributed by atoms with Gasteiger partial charge in [0.25, 0.3) is 5.91 Å². The first-order valence-electron chi connectivity index (χ1n) is 12.0. The van der Waals surface area contributed by atoms with Crippen molar-refractivity contribution in [1.29, 1.82) is 0 Å². The van der Waals surface area contributed by atoms with Gasteiger partial charge in [0.2, 0.25) is 5.82 Å². The Labute approximate surface area is 219 Å². The molecule has 1 amide bonds. The van der Waals surface area contributed by atoms with Crippen LogP contribution in [-0.2, 0) is 13.0 Å². The Hall–Kier alpha value is -3.73. The number of nitrogens with zero attached hydrogens (tertiary/aromatic N) is 6. The highest BCUT2D eigenvalue weighted by Crippen LogP contribution is 2.27. The number of aromatic amines is 1. The van der Waals surface area contributed by atoms with E-state index < -0.39 is 6.10 Å². The minimum absolute atomic E-state index is 0.0319. The Morgan fingerprint density at radius 1 is 1.14 bits per heavy atom. The van der Waals surface area contributed by atoms with Gasteiger partial charge in [-0.15, -0.1) is 10.2 Å². The molecule has 3 atom stereocenters. The first kappa shape index (κ1) is 24.9. The number of hydrogen-bond donors (Lipinski definition) is 3. The summed E-state index contributed by atoms with van der Waals surface area (Å²) in [5, 5.41) is 28.6. The Bertz CT molecular complexity index is 1330. The fraction of sp³-hybridized carbons (Fsp3) is 0.308. The molecule has 0 saturated carbocycles. The lowest BCUT2D eigenvalue weighted by Crippen LogP contribution is -2.35. The maximum absolute atomic E-state index is 13.0. The monoisotopic (exact) mass is 518 g/mol. The highest BCUT2D eigenvalue weighted by molar-refractivity contribution is 6.29. The highest BCUT2D eigenvalue weighted by Gasteiger charge is 2.30. The molecule has 0 bridgehead atoms. The molecule has 5 rings (SSSR count). The second-order valence-corrected chi connectivity index (χ2v) is 9.67. The lowest BCUT2D eigenvalue weighted by molar-refractivity contribution is 0.0785. The number of carbonyl (C=O) groups excluding carboxylic acids is 1. The molecule has 4 heterocycles. The minimum atomic E-state index is -0.631. The number of halogens is 1. The van der Waals surface area contributed by atoms with E-state index in [0.29, 0.717) is 23.1 Å². The van der Waals surface area contributed by atoms with Crippen molar-refractivity contribution in [3.63, 3.8) is 0 Å². The maximum atomic E-state index is 13.0. The molecule has 3 aromatic heterocycles. The molecule has 1 aliphatic rings. The van der Waals surface area contributed by atoms with Crippen molar-refractivity contribution in [3.8, 4) is 11.4 Å². The van der Waals surface area contributed by atoms with E-state index in [0.717, 1.165) is 41.5 Å². The molecule has 0 unspecified atom stereocenters. The van der Waals surface area contributed by atoms with Gasteiger partial charge >= 0.3 is 0 Å². The average molecular weight is 519 g/mol. The third kappa shape index (κ3) is 5.99. The second kappa shape index (κ2) is 11.1. The number of rotatable bonds is 8. The van der Waals surface area contributed by atoms with Crippen molar-refractivity contribution in [1.82, 2.24) is 40.8 Å². The van der Waals surface area contributed by atoms with Crippen molar-refractivity contribution in [2.45, 2.75) is 44.0 Å². The van der Waals surface area contributed by atoms with Gasteiger partial charge in [-0.1, -0.05) is 29.8 Å². The molecule has 4 aromatic rings. The highest BCUT2D eigenvalue weighted by atomic mass is 35.5. The van der Waals surface area contributed by atoms with Gasteiger partial charge in [-0.05, 0) is 59.9 Å². The van der Waals surface area contributed by atoms with Crippen LogP contribution in [-0.4, -0.2) is 65.6 Å². The topological polar surface area (TPSA) is 133 Å². The van der Waals surface area contributed by atoms with Crippen LogP contribution in [0.3, 0.4) is 0 Å². The first-order chi connectivity index (χ1) is 18.0. The lowest BCUT2D eigenvalue weighted by Gasteiger charge is -2.20. The van der Waals surface area contributed by atoms with E-state index in [4.69, 9.17) is 11.6 Å². The van der Waals surface area contributed by atoms with Crippen molar-refractivity contribution in [2.75, 3.05) is 7.05 Å². The summed E-state index contributed by atoms with van der Waals surface area (Å²) in [6.07, 6.45) is 7.02. The molecular formula is C26H27ClN8O2. The van der Waals surface area contributed by atoms with Gasteiger partial charge in [0.1, 0.15) is 5.15 Å². The number of tetrazole rings is 1. The van der Waals surface area contributed by atoms with E-state index in [9.17, 15) is 9.90 Å². The summed E-state index contributed by atoms with van der Waals surface area (Å²) in [5.74, 6) is 0.383. The van der Waals surface area contributed by atoms with Gasteiger partial charge in [-0.25, -0.2) is 4.98 Å². The molecule has 0 spiro atoms. The quantitative estimate of drug-likeness (QED) is 0.303. The summed E-state index contributed by atoms with van der Waals surface area (Å²) < 4.78 is 0. The molecule has 1 aromatic carbocycles. The van der Waals surface area contributed by atoms with Crippen LogP contribution < -0.4 is 5.32 Å². The van der Waals surface area contributed by atoms with Crippen molar-refractivity contribution < 1.29 is 9.90 Å². The summed E-state index contributed by atoms with van der Waals surface area (Å²) in [4.78, 5) is 23.0. The smallest absolute Gasteiger partial charge is 0.253 e. The van der Waals surface area contributed by atoms with E-state index in [1.807, 2.05) is 36.4 Å². The standard InChI is InChI=1S/C26H27ClN8O2/c1-35(15-17-10-20(13-28-12-17)25-31-33-34-32-25)26(37)18-4-2-16(3-5-18)11-21-7-8-22(30-21)24(36)19-6-9-23(27)29-14-19/h2-6,9-10,12-14,21-22,24,30,36H,7-8,11,15H2,1H3,(H,31,32,33,34)/t21-,22+,24+/m0/s1. The van der Waals surface area contributed by atoms with Crippen LogP contribution in [0.2, 0.25) is 5.15 Å². The number of pyridine rings is 2. The molecule has 11 heteroatoms. The molecule has 1 aliphatic heterocycles. The number of aliphatic hydroxyl groups excluding tert-OH is 1. The molecule has 0 radical (unpaired) electrons. The summed E-state index contributed by atoms with van der Waals surface area (Å²) in [6.45, 7) is 0.401. The minimum Gasteiger partial charge on any atom is -0.387 e. The third-order valence-corrected chi connectivity index (χ3v) is 6.82.